The minimum Gasteiger partial charge on any atom is -0.405 e. The zero-order valence-corrected chi connectivity index (χ0v) is 37.2. The molecule has 0 radical (unpaired) electrons. The van der Waals surface area contributed by atoms with E-state index in [2.05, 4.69) is 181 Å². The van der Waals surface area contributed by atoms with Crippen molar-refractivity contribution in [1.82, 2.24) is 9.13 Å². The van der Waals surface area contributed by atoms with E-state index in [1.54, 1.807) is 12.4 Å². The maximum Gasteiger partial charge on any atom is 0.0613 e. The highest BCUT2D eigenvalue weighted by Gasteiger charge is 2.42. The van der Waals surface area contributed by atoms with Crippen LogP contribution in [-0.4, -0.2) is 9.13 Å². The summed E-state index contributed by atoms with van der Waals surface area (Å²) >= 11 is 0. The predicted octanol–water partition coefficient (Wildman–Crippen LogP) is 15.2. The number of nitrogens with zero attached hydrogens (tertiary/aromatic N) is 2. The Balaban J connectivity index is 1.45. The minimum absolute atomic E-state index is 0.197. The van der Waals surface area contributed by atoms with Crippen LogP contribution in [0.15, 0.2) is 140 Å². The Bertz CT molecular complexity index is 3180. The van der Waals surface area contributed by atoms with Crippen molar-refractivity contribution in [2.24, 2.45) is 11.5 Å². The van der Waals surface area contributed by atoms with Crippen LogP contribution in [0.1, 0.15) is 112 Å². The van der Waals surface area contributed by atoms with Crippen molar-refractivity contribution in [1.29, 1.82) is 0 Å². The van der Waals surface area contributed by atoms with Crippen LogP contribution in [0.25, 0.3) is 82.8 Å². The second-order valence-corrected chi connectivity index (χ2v) is 17.8. The first-order valence-corrected chi connectivity index (χ1v) is 21.9. The van der Waals surface area contributed by atoms with Gasteiger partial charge in [-0.1, -0.05) is 106 Å². The summed E-state index contributed by atoms with van der Waals surface area (Å²) in [6.07, 6.45) is 18.0. The van der Waals surface area contributed by atoms with Gasteiger partial charge in [0.1, 0.15) is 0 Å². The lowest BCUT2D eigenvalue weighted by molar-refractivity contribution is 0.585. The Morgan fingerprint density at radius 3 is 1.87 bits per heavy atom. The molecule has 4 heteroatoms. The fourth-order valence-electron chi connectivity index (χ4n) is 10.8. The Morgan fingerprint density at radius 2 is 1.28 bits per heavy atom. The molecule has 0 bridgehead atoms. The number of hydrogen-bond donors (Lipinski definition) is 2. The highest BCUT2D eigenvalue weighted by atomic mass is 15.0. The fourth-order valence-corrected chi connectivity index (χ4v) is 10.8. The second kappa shape index (κ2) is 15.2. The van der Waals surface area contributed by atoms with Crippen LogP contribution in [-0.2, 0) is 0 Å². The molecule has 61 heavy (non-hydrogen) atoms. The summed E-state index contributed by atoms with van der Waals surface area (Å²) in [7, 11) is 0. The lowest BCUT2D eigenvalue weighted by Gasteiger charge is -2.42. The van der Waals surface area contributed by atoms with E-state index in [9.17, 15) is 0 Å². The molecule has 0 saturated carbocycles. The summed E-state index contributed by atoms with van der Waals surface area (Å²) in [6.45, 7) is 24.6. The number of rotatable bonds is 8. The van der Waals surface area contributed by atoms with E-state index in [0.717, 1.165) is 17.0 Å². The van der Waals surface area contributed by atoms with Crippen molar-refractivity contribution >= 4 is 60.6 Å². The van der Waals surface area contributed by atoms with Crippen molar-refractivity contribution in [3.8, 4) is 22.3 Å². The lowest BCUT2D eigenvalue weighted by atomic mass is 9.62. The van der Waals surface area contributed by atoms with Crippen LogP contribution in [0.3, 0.4) is 0 Å². The van der Waals surface area contributed by atoms with Crippen molar-refractivity contribution < 1.29 is 0 Å². The third-order valence-corrected chi connectivity index (χ3v) is 13.9. The van der Waals surface area contributed by atoms with Gasteiger partial charge in [0.2, 0.25) is 0 Å². The molecule has 0 amide bonds. The van der Waals surface area contributed by atoms with E-state index in [4.69, 9.17) is 11.5 Å². The van der Waals surface area contributed by atoms with Crippen LogP contribution in [0.2, 0.25) is 0 Å². The topological polar surface area (TPSA) is 61.9 Å². The Kier molecular flexibility index (Phi) is 9.94. The standard InChI is InChI=1S/C57H58N4/c1-11-15-39(25-32(3)4)41-20-22-50-46(27-41)48-29-44-35(7)36(8)45-30-49-47-28-42(40-19-13-17-33(5)26-40)21-23-51(47)61(43(31-59)16-12-2)57(49)53-38(10)37(9)52(54(44)55(45)53)56(48)60(50)34(6)18-14-24-58/h11-31,35-38H,1,58-59H2,2-10H3/b16-12-,24-14-,34-18+,39-15+,43-31+. The molecule has 306 valence electrons. The average molecular weight is 799 g/mol. The summed E-state index contributed by atoms with van der Waals surface area (Å²) in [4.78, 5) is 0. The number of allylic oxidation sites excluding steroid dienone is 11. The Morgan fingerprint density at radius 1 is 0.672 bits per heavy atom. The predicted molar refractivity (Wildman–Crippen MR) is 266 cm³/mol. The number of nitrogens with two attached hydrogens (primary N) is 2. The SMILES string of the molecule is C=C/C=C(\C=C(C)C)c1ccc2c(c1)c1cc3c4c(c1n2/C(C)=C/C=C\N)C(C)C(C)c1c-4c(cc2c4cc(-c5cccc(C)c5)ccc4n(C(/C=C\C)=C/N)c12)C(C)C3C. The van der Waals surface area contributed by atoms with Gasteiger partial charge in [-0.25, -0.2) is 0 Å². The first kappa shape index (κ1) is 39.9. The van der Waals surface area contributed by atoms with Gasteiger partial charge in [0, 0.05) is 33.4 Å². The van der Waals surface area contributed by atoms with Gasteiger partial charge in [-0.3, -0.25) is 0 Å². The summed E-state index contributed by atoms with van der Waals surface area (Å²) in [6, 6.07) is 27.9. The minimum atomic E-state index is 0.197. The molecule has 0 spiro atoms. The molecule has 4 atom stereocenters. The number of benzene rings is 5. The molecule has 0 aliphatic heterocycles. The number of fused-ring (bicyclic) bond motifs is 8. The van der Waals surface area contributed by atoms with Crippen molar-refractivity contribution in [2.45, 2.75) is 86.0 Å². The van der Waals surface area contributed by atoms with Gasteiger partial charge < -0.3 is 20.6 Å². The van der Waals surface area contributed by atoms with Gasteiger partial charge >= 0.3 is 0 Å². The monoisotopic (exact) mass is 798 g/mol. The normalized spacial score (nSPS) is 19.3. The molecular formula is C57H58N4. The van der Waals surface area contributed by atoms with Gasteiger partial charge in [-0.2, -0.15) is 0 Å². The molecule has 0 saturated heterocycles. The zero-order valence-electron chi connectivity index (χ0n) is 37.2. The molecule has 4 N–H and O–H groups in total. The molecule has 5 aromatic carbocycles. The van der Waals surface area contributed by atoms with Crippen LogP contribution >= 0.6 is 0 Å². The van der Waals surface area contributed by atoms with Crippen LogP contribution < -0.4 is 11.5 Å². The summed E-state index contributed by atoms with van der Waals surface area (Å²) in [5.74, 6) is 1.00. The highest BCUT2D eigenvalue weighted by Crippen LogP contribution is 2.61. The number of hydrogen-bond acceptors (Lipinski definition) is 2. The second-order valence-electron chi connectivity index (χ2n) is 17.8. The largest absolute Gasteiger partial charge is 0.405 e. The molecule has 0 fully saturated rings. The first-order valence-electron chi connectivity index (χ1n) is 21.9. The molecule has 2 aromatic heterocycles. The van der Waals surface area contributed by atoms with Crippen LogP contribution in [0, 0.1) is 6.92 Å². The molecule has 4 unspecified atom stereocenters. The van der Waals surface area contributed by atoms with Gasteiger partial charge in [-0.15, -0.1) is 0 Å². The van der Waals surface area contributed by atoms with Crippen molar-refractivity contribution in [3.63, 3.8) is 0 Å². The molecule has 2 heterocycles. The molecular weight excluding hydrogens is 741 g/mol. The Labute approximate surface area is 361 Å². The van der Waals surface area contributed by atoms with Gasteiger partial charge in [0.25, 0.3) is 0 Å². The average Bonchev–Trinajstić information content (AvgIpc) is 3.76. The third-order valence-electron chi connectivity index (χ3n) is 13.9. The third kappa shape index (κ3) is 6.02. The molecule has 2 aliphatic rings. The van der Waals surface area contributed by atoms with Gasteiger partial charge in [0.05, 0.1) is 27.8 Å². The summed E-state index contributed by atoms with van der Waals surface area (Å²) in [5, 5.41) is 5.11. The van der Waals surface area contributed by atoms with E-state index in [1.807, 2.05) is 12.2 Å². The van der Waals surface area contributed by atoms with E-state index < -0.39 is 0 Å². The lowest BCUT2D eigenvalue weighted by Crippen LogP contribution is -2.24. The van der Waals surface area contributed by atoms with Crippen LogP contribution in [0.5, 0.6) is 0 Å². The summed E-state index contributed by atoms with van der Waals surface area (Å²) < 4.78 is 4.95. The number of aryl methyl sites for hydroxylation is 1. The van der Waals surface area contributed by atoms with E-state index in [0.29, 0.717) is 11.8 Å². The van der Waals surface area contributed by atoms with Gasteiger partial charge in [-0.05, 0) is 175 Å². The Hall–Kier alpha value is -6.52. The highest BCUT2D eigenvalue weighted by molar-refractivity contribution is 6.18. The van der Waals surface area contributed by atoms with E-state index >= 15 is 0 Å². The zero-order chi connectivity index (χ0) is 43.0. The summed E-state index contributed by atoms with van der Waals surface area (Å²) in [5.41, 5.74) is 35.4. The quantitative estimate of drug-likeness (QED) is 0.150. The van der Waals surface area contributed by atoms with Gasteiger partial charge in [0.15, 0.2) is 0 Å². The maximum absolute atomic E-state index is 6.57. The molecule has 4 nitrogen and oxygen atoms in total. The van der Waals surface area contributed by atoms with E-state index in [-0.39, 0.29) is 11.8 Å². The fraction of sp³-hybridized carbons (Fsp3) is 0.228. The maximum atomic E-state index is 6.57. The van der Waals surface area contributed by atoms with E-state index in [1.165, 1.54) is 105 Å². The smallest absolute Gasteiger partial charge is 0.0613 e. The molecule has 9 rings (SSSR count). The van der Waals surface area contributed by atoms with Crippen molar-refractivity contribution in [3.05, 3.63) is 173 Å². The molecule has 2 aliphatic carbocycles. The number of aromatic nitrogens is 2. The van der Waals surface area contributed by atoms with Crippen LogP contribution in [0.4, 0.5) is 0 Å². The molecule has 7 aromatic rings. The van der Waals surface area contributed by atoms with Crippen molar-refractivity contribution in [2.75, 3.05) is 0 Å². The first-order chi connectivity index (χ1) is 29.4.